The molecule has 0 spiro atoms. The number of hydrogen-bond acceptors (Lipinski definition) is 5. The fourth-order valence-electron chi connectivity index (χ4n) is 1.61. The van der Waals surface area contributed by atoms with Crippen LogP contribution in [0.3, 0.4) is 0 Å². The number of aromatic nitrogens is 2. The summed E-state index contributed by atoms with van der Waals surface area (Å²) in [5.41, 5.74) is 8.31. The molecule has 0 unspecified atom stereocenters. The highest BCUT2D eigenvalue weighted by Crippen LogP contribution is 2.27. The smallest absolute Gasteiger partial charge is 0.227 e. The van der Waals surface area contributed by atoms with Gasteiger partial charge in [-0.25, -0.2) is 9.97 Å². The summed E-state index contributed by atoms with van der Waals surface area (Å²) in [5.74, 6) is 1.27. The standard InChI is InChI=1S/C13H16N4O/c1-9-3-4-12(18-2)11(7-9)17-13-15-6-5-10(8-14)16-13/h3-7H,8,14H2,1-2H3,(H,15,16,17). The zero-order chi connectivity index (χ0) is 13.0. The van der Waals surface area contributed by atoms with E-state index in [2.05, 4.69) is 15.3 Å². The van der Waals surface area contributed by atoms with Crippen LogP contribution in [0.5, 0.6) is 5.75 Å². The lowest BCUT2D eigenvalue weighted by atomic mass is 10.2. The number of methoxy groups -OCH3 is 1. The van der Waals surface area contributed by atoms with Gasteiger partial charge in [0.2, 0.25) is 5.95 Å². The number of anilines is 2. The van der Waals surface area contributed by atoms with Crippen LogP contribution in [0.25, 0.3) is 0 Å². The monoisotopic (exact) mass is 244 g/mol. The molecule has 1 heterocycles. The molecule has 0 radical (unpaired) electrons. The van der Waals surface area contributed by atoms with Crippen LogP contribution in [0.2, 0.25) is 0 Å². The van der Waals surface area contributed by atoms with Crippen molar-refractivity contribution in [3.05, 3.63) is 41.7 Å². The van der Waals surface area contributed by atoms with E-state index in [9.17, 15) is 0 Å². The Morgan fingerprint density at radius 1 is 1.33 bits per heavy atom. The maximum atomic E-state index is 5.55. The van der Waals surface area contributed by atoms with Crippen LogP contribution in [0.1, 0.15) is 11.3 Å². The molecule has 1 aromatic heterocycles. The summed E-state index contributed by atoms with van der Waals surface area (Å²) in [5, 5.41) is 3.14. The van der Waals surface area contributed by atoms with Crippen LogP contribution in [0.15, 0.2) is 30.5 Å². The number of ether oxygens (including phenoxy) is 1. The van der Waals surface area contributed by atoms with E-state index in [0.29, 0.717) is 12.5 Å². The van der Waals surface area contributed by atoms with Crippen molar-refractivity contribution in [1.29, 1.82) is 0 Å². The first-order valence-electron chi connectivity index (χ1n) is 5.66. The molecule has 0 aliphatic carbocycles. The largest absolute Gasteiger partial charge is 0.495 e. The average molecular weight is 244 g/mol. The van der Waals surface area contributed by atoms with Gasteiger partial charge in [0.15, 0.2) is 0 Å². The number of rotatable bonds is 4. The third-order valence-corrected chi connectivity index (χ3v) is 2.52. The zero-order valence-corrected chi connectivity index (χ0v) is 10.5. The molecule has 18 heavy (non-hydrogen) atoms. The summed E-state index contributed by atoms with van der Waals surface area (Å²) < 4.78 is 5.29. The Morgan fingerprint density at radius 3 is 2.89 bits per heavy atom. The molecular weight excluding hydrogens is 228 g/mol. The minimum Gasteiger partial charge on any atom is -0.495 e. The Kier molecular flexibility index (Phi) is 3.74. The molecule has 94 valence electrons. The number of nitrogens with one attached hydrogen (secondary N) is 1. The second kappa shape index (κ2) is 5.46. The molecule has 0 bridgehead atoms. The van der Waals surface area contributed by atoms with Crippen molar-refractivity contribution < 1.29 is 4.74 Å². The fraction of sp³-hybridized carbons (Fsp3) is 0.231. The Balaban J connectivity index is 2.29. The van der Waals surface area contributed by atoms with E-state index in [0.717, 1.165) is 22.7 Å². The fourth-order valence-corrected chi connectivity index (χ4v) is 1.61. The van der Waals surface area contributed by atoms with Gasteiger partial charge in [-0.05, 0) is 30.7 Å². The Bertz CT molecular complexity index is 542. The lowest BCUT2D eigenvalue weighted by molar-refractivity contribution is 0.416. The van der Waals surface area contributed by atoms with Gasteiger partial charge in [-0.15, -0.1) is 0 Å². The number of aryl methyl sites for hydroxylation is 1. The van der Waals surface area contributed by atoms with E-state index >= 15 is 0 Å². The van der Waals surface area contributed by atoms with Gasteiger partial charge < -0.3 is 15.8 Å². The molecular formula is C13H16N4O. The number of benzene rings is 1. The zero-order valence-electron chi connectivity index (χ0n) is 10.5. The van der Waals surface area contributed by atoms with E-state index in [-0.39, 0.29) is 0 Å². The van der Waals surface area contributed by atoms with Crippen LogP contribution in [-0.4, -0.2) is 17.1 Å². The Hall–Kier alpha value is -2.14. The van der Waals surface area contributed by atoms with Gasteiger partial charge in [0.25, 0.3) is 0 Å². The molecule has 5 nitrogen and oxygen atoms in total. The van der Waals surface area contributed by atoms with Crippen LogP contribution in [0.4, 0.5) is 11.6 Å². The van der Waals surface area contributed by atoms with Gasteiger partial charge in [0, 0.05) is 12.7 Å². The minimum atomic E-state index is 0.391. The van der Waals surface area contributed by atoms with Crippen molar-refractivity contribution in [1.82, 2.24) is 9.97 Å². The van der Waals surface area contributed by atoms with Gasteiger partial charge in [0.05, 0.1) is 18.5 Å². The molecule has 0 atom stereocenters. The summed E-state index contributed by atoms with van der Waals surface area (Å²) in [6.07, 6.45) is 1.68. The van der Waals surface area contributed by atoms with Gasteiger partial charge in [-0.1, -0.05) is 6.07 Å². The second-order valence-corrected chi connectivity index (χ2v) is 3.90. The number of hydrogen-bond donors (Lipinski definition) is 2. The predicted octanol–water partition coefficient (Wildman–Crippen LogP) is 2.00. The molecule has 2 rings (SSSR count). The van der Waals surface area contributed by atoms with Crippen LogP contribution < -0.4 is 15.8 Å². The first-order valence-corrected chi connectivity index (χ1v) is 5.66. The SMILES string of the molecule is COc1ccc(C)cc1Nc1nccc(CN)n1. The van der Waals surface area contributed by atoms with E-state index in [4.69, 9.17) is 10.5 Å². The highest BCUT2D eigenvalue weighted by atomic mass is 16.5. The molecule has 0 aliphatic heterocycles. The van der Waals surface area contributed by atoms with E-state index in [1.165, 1.54) is 0 Å². The molecule has 0 amide bonds. The summed E-state index contributed by atoms with van der Waals surface area (Å²) in [6.45, 7) is 2.41. The van der Waals surface area contributed by atoms with Crippen molar-refractivity contribution in [3.8, 4) is 5.75 Å². The van der Waals surface area contributed by atoms with Crippen molar-refractivity contribution in [3.63, 3.8) is 0 Å². The van der Waals surface area contributed by atoms with Crippen LogP contribution in [0, 0.1) is 6.92 Å². The van der Waals surface area contributed by atoms with Gasteiger partial charge >= 0.3 is 0 Å². The van der Waals surface area contributed by atoms with Crippen LogP contribution >= 0.6 is 0 Å². The highest BCUT2D eigenvalue weighted by molar-refractivity contribution is 5.63. The van der Waals surface area contributed by atoms with E-state index < -0.39 is 0 Å². The van der Waals surface area contributed by atoms with Gasteiger partial charge in [0.1, 0.15) is 5.75 Å². The van der Waals surface area contributed by atoms with Gasteiger partial charge in [-0.3, -0.25) is 0 Å². The molecule has 0 saturated carbocycles. The van der Waals surface area contributed by atoms with Crippen molar-refractivity contribution >= 4 is 11.6 Å². The normalized spacial score (nSPS) is 10.2. The summed E-state index contributed by atoms with van der Waals surface area (Å²) >= 11 is 0. The molecule has 1 aromatic carbocycles. The van der Waals surface area contributed by atoms with Gasteiger partial charge in [-0.2, -0.15) is 0 Å². The van der Waals surface area contributed by atoms with Crippen LogP contribution in [-0.2, 0) is 6.54 Å². The first kappa shape index (κ1) is 12.3. The Labute approximate surface area is 106 Å². The maximum Gasteiger partial charge on any atom is 0.227 e. The average Bonchev–Trinajstić information content (AvgIpc) is 2.39. The second-order valence-electron chi connectivity index (χ2n) is 3.90. The summed E-state index contributed by atoms with van der Waals surface area (Å²) in [4.78, 5) is 8.44. The summed E-state index contributed by atoms with van der Waals surface area (Å²) in [7, 11) is 1.63. The lowest BCUT2D eigenvalue weighted by Gasteiger charge is -2.11. The molecule has 0 fully saturated rings. The van der Waals surface area contributed by atoms with Crippen molar-refractivity contribution in [2.45, 2.75) is 13.5 Å². The number of nitrogens with two attached hydrogens (primary N) is 1. The summed E-state index contributed by atoms with van der Waals surface area (Å²) in [6, 6.07) is 7.67. The molecule has 2 aromatic rings. The number of nitrogens with zero attached hydrogens (tertiary/aromatic N) is 2. The maximum absolute atomic E-state index is 5.55. The third-order valence-electron chi connectivity index (χ3n) is 2.52. The third kappa shape index (κ3) is 2.75. The Morgan fingerprint density at radius 2 is 2.17 bits per heavy atom. The molecule has 3 N–H and O–H groups in total. The quantitative estimate of drug-likeness (QED) is 0.860. The molecule has 0 saturated heterocycles. The first-order chi connectivity index (χ1) is 8.72. The highest BCUT2D eigenvalue weighted by Gasteiger charge is 2.05. The van der Waals surface area contributed by atoms with Crippen molar-refractivity contribution in [2.75, 3.05) is 12.4 Å². The van der Waals surface area contributed by atoms with Crippen molar-refractivity contribution in [2.24, 2.45) is 5.73 Å². The topological polar surface area (TPSA) is 73.1 Å². The molecule has 5 heteroatoms. The van der Waals surface area contributed by atoms with E-state index in [1.807, 2.05) is 25.1 Å². The predicted molar refractivity (Wildman–Crippen MR) is 70.9 cm³/mol. The minimum absolute atomic E-state index is 0.391. The molecule has 0 aliphatic rings. The van der Waals surface area contributed by atoms with E-state index in [1.54, 1.807) is 19.4 Å². The lowest BCUT2D eigenvalue weighted by Crippen LogP contribution is -2.04.